The maximum Gasteiger partial charge on any atom is 0.244 e. The largest absolute Gasteiger partial charge is 0.333 e. The lowest BCUT2D eigenvalue weighted by Crippen LogP contribution is -2.42. The molecule has 1 aromatic rings. The molecule has 5 heteroatoms. The first-order valence-corrected chi connectivity index (χ1v) is 7.70. The van der Waals surface area contributed by atoms with Crippen molar-refractivity contribution in [3.63, 3.8) is 0 Å². The predicted molar refractivity (Wildman–Crippen MR) is 89.9 cm³/mol. The molecule has 0 aliphatic carbocycles. The highest BCUT2D eigenvalue weighted by atomic mass is 16.2. The number of hydrogen-bond acceptors (Lipinski definition) is 3. The van der Waals surface area contributed by atoms with Crippen LogP contribution in [0.5, 0.6) is 0 Å². The second-order valence-electron chi connectivity index (χ2n) is 5.63. The van der Waals surface area contributed by atoms with Crippen LogP contribution in [-0.2, 0) is 9.59 Å². The second kappa shape index (κ2) is 8.54. The van der Waals surface area contributed by atoms with E-state index in [2.05, 4.69) is 10.6 Å². The fourth-order valence-electron chi connectivity index (χ4n) is 2.41. The number of para-hydroxylation sites is 1. The van der Waals surface area contributed by atoms with E-state index in [9.17, 15) is 9.59 Å². The topological polar surface area (TPSA) is 61.4 Å². The van der Waals surface area contributed by atoms with Crippen LogP contribution in [0.25, 0.3) is 0 Å². The van der Waals surface area contributed by atoms with Gasteiger partial charge < -0.3 is 15.5 Å². The van der Waals surface area contributed by atoms with Crippen LogP contribution in [0.15, 0.2) is 18.2 Å². The molecule has 0 aromatic heterocycles. The lowest BCUT2D eigenvalue weighted by atomic mass is 10.1. The molecule has 0 spiro atoms. The summed E-state index contributed by atoms with van der Waals surface area (Å²) in [6.07, 6.45) is 0. The SMILES string of the molecule is CCN(CC(=O)Nc1c(C)cccc1C)C(=O)C(C)CNC. The molecule has 22 heavy (non-hydrogen) atoms. The molecule has 1 unspecified atom stereocenters. The first-order valence-electron chi connectivity index (χ1n) is 7.70. The average Bonchev–Trinajstić information content (AvgIpc) is 2.48. The number of likely N-dealkylation sites (N-methyl/N-ethyl adjacent to an activating group) is 1. The summed E-state index contributed by atoms with van der Waals surface area (Å²) >= 11 is 0. The third kappa shape index (κ3) is 4.84. The first kappa shape index (κ1) is 18.2. The van der Waals surface area contributed by atoms with Gasteiger partial charge in [0, 0.05) is 24.7 Å². The fourth-order valence-corrected chi connectivity index (χ4v) is 2.41. The molecule has 122 valence electrons. The lowest BCUT2D eigenvalue weighted by molar-refractivity contribution is -0.137. The zero-order valence-corrected chi connectivity index (χ0v) is 14.2. The van der Waals surface area contributed by atoms with Crippen molar-refractivity contribution in [2.45, 2.75) is 27.7 Å². The van der Waals surface area contributed by atoms with Crippen molar-refractivity contribution < 1.29 is 9.59 Å². The maximum absolute atomic E-state index is 12.3. The van der Waals surface area contributed by atoms with Crippen molar-refractivity contribution in [3.8, 4) is 0 Å². The number of carbonyl (C=O) groups is 2. The summed E-state index contributed by atoms with van der Waals surface area (Å²) in [5.74, 6) is -0.310. The van der Waals surface area contributed by atoms with Crippen molar-refractivity contribution in [3.05, 3.63) is 29.3 Å². The standard InChI is InChI=1S/C17H27N3O2/c1-6-20(17(22)14(4)10-18-5)11-15(21)19-16-12(2)8-7-9-13(16)3/h7-9,14,18H,6,10-11H2,1-5H3,(H,19,21). The Morgan fingerprint density at radius 2 is 1.82 bits per heavy atom. The van der Waals surface area contributed by atoms with E-state index in [0.29, 0.717) is 13.1 Å². The Morgan fingerprint density at radius 3 is 2.32 bits per heavy atom. The number of nitrogens with zero attached hydrogens (tertiary/aromatic N) is 1. The molecule has 2 N–H and O–H groups in total. The van der Waals surface area contributed by atoms with Gasteiger partial charge in [-0.15, -0.1) is 0 Å². The van der Waals surface area contributed by atoms with Gasteiger partial charge in [-0.05, 0) is 38.9 Å². The van der Waals surface area contributed by atoms with Crippen molar-refractivity contribution in [1.29, 1.82) is 0 Å². The summed E-state index contributed by atoms with van der Waals surface area (Å²) in [4.78, 5) is 26.1. The zero-order valence-electron chi connectivity index (χ0n) is 14.2. The normalized spacial score (nSPS) is 11.9. The minimum absolute atomic E-state index is 0.00601. The molecule has 0 saturated heterocycles. The van der Waals surface area contributed by atoms with Crippen LogP contribution in [0, 0.1) is 19.8 Å². The predicted octanol–water partition coefficient (Wildman–Crippen LogP) is 1.95. The van der Waals surface area contributed by atoms with Gasteiger partial charge in [0.2, 0.25) is 11.8 Å². The van der Waals surface area contributed by atoms with Crippen LogP contribution in [0.3, 0.4) is 0 Å². The smallest absolute Gasteiger partial charge is 0.244 e. The minimum atomic E-state index is -0.163. The van der Waals surface area contributed by atoms with Gasteiger partial charge >= 0.3 is 0 Å². The summed E-state index contributed by atoms with van der Waals surface area (Å²) in [6.45, 7) is 8.87. The number of carbonyl (C=O) groups excluding carboxylic acids is 2. The van der Waals surface area contributed by atoms with Crippen LogP contribution < -0.4 is 10.6 Å². The molecule has 0 bridgehead atoms. The Kier molecular flexibility index (Phi) is 7.05. The number of hydrogen-bond donors (Lipinski definition) is 2. The van der Waals surface area contributed by atoms with Gasteiger partial charge in [0.1, 0.15) is 0 Å². The van der Waals surface area contributed by atoms with Gasteiger partial charge in [-0.3, -0.25) is 9.59 Å². The highest BCUT2D eigenvalue weighted by molar-refractivity contribution is 5.96. The number of nitrogens with one attached hydrogen (secondary N) is 2. The molecule has 5 nitrogen and oxygen atoms in total. The van der Waals surface area contributed by atoms with Crippen LogP contribution in [0.1, 0.15) is 25.0 Å². The molecular formula is C17H27N3O2. The van der Waals surface area contributed by atoms with Gasteiger partial charge in [-0.2, -0.15) is 0 Å². The second-order valence-corrected chi connectivity index (χ2v) is 5.63. The molecule has 2 amide bonds. The van der Waals surface area contributed by atoms with E-state index in [1.54, 1.807) is 4.90 Å². The molecule has 0 saturated carbocycles. The molecular weight excluding hydrogens is 278 g/mol. The summed E-state index contributed by atoms with van der Waals surface area (Å²) in [6, 6.07) is 5.88. The Labute approximate surface area is 133 Å². The lowest BCUT2D eigenvalue weighted by Gasteiger charge is -2.24. The van der Waals surface area contributed by atoms with E-state index in [1.807, 2.05) is 52.9 Å². The van der Waals surface area contributed by atoms with Crippen LogP contribution in [0.4, 0.5) is 5.69 Å². The highest BCUT2D eigenvalue weighted by Crippen LogP contribution is 2.19. The molecule has 0 heterocycles. The van der Waals surface area contributed by atoms with Gasteiger partial charge in [-0.25, -0.2) is 0 Å². The molecule has 0 aliphatic rings. The number of rotatable bonds is 7. The number of benzene rings is 1. The first-order chi connectivity index (χ1) is 10.4. The minimum Gasteiger partial charge on any atom is -0.333 e. The third-order valence-electron chi connectivity index (χ3n) is 3.71. The molecule has 0 aliphatic heterocycles. The van der Waals surface area contributed by atoms with E-state index in [1.165, 1.54) is 0 Å². The summed E-state index contributed by atoms with van der Waals surface area (Å²) < 4.78 is 0. The third-order valence-corrected chi connectivity index (χ3v) is 3.71. The number of anilines is 1. The Balaban J connectivity index is 2.71. The number of aryl methyl sites for hydroxylation is 2. The molecule has 1 atom stereocenters. The van der Waals surface area contributed by atoms with E-state index in [0.717, 1.165) is 16.8 Å². The Morgan fingerprint density at radius 1 is 1.23 bits per heavy atom. The molecule has 0 fully saturated rings. The van der Waals surface area contributed by atoms with Gasteiger partial charge in [0.15, 0.2) is 0 Å². The average molecular weight is 305 g/mol. The molecule has 1 rings (SSSR count). The van der Waals surface area contributed by atoms with Crippen molar-refractivity contribution in [1.82, 2.24) is 10.2 Å². The van der Waals surface area contributed by atoms with Crippen molar-refractivity contribution >= 4 is 17.5 Å². The van der Waals surface area contributed by atoms with E-state index >= 15 is 0 Å². The zero-order chi connectivity index (χ0) is 16.7. The van der Waals surface area contributed by atoms with Gasteiger partial charge in [-0.1, -0.05) is 25.1 Å². The number of amides is 2. The van der Waals surface area contributed by atoms with E-state index < -0.39 is 0 Å². The van der Waals surface area contributed by atoms with Gasteiger partial charge in [0.05, 0.1) is 6.54 Å². The Hall–Kier alpha value is -1.88. The van der Waals surface area contributed by atoms with Crippen molar-refractivity contribution in [2.24, 2.45) is 5.92 Å². The van der Waals surface area contributed by atoms with Crippen LogP contribution in [0.2, 0.25) is 0 Å². The van der Waals surface area contributed by atoms with Crippen molar-refractivity contribution in [2.75, 3.05) is 32.0 Å². The molecule has 0 radical (unpaired) electrons. The summed E-state index contributed by atoms with van der Waals surface area (Å²) in [5, 5.41) is 5.91. The summed E-state index contributed by atoms with van der Waals surface area (Å²) in [5.41, 5.74) is 2.87. The monoisotopic (exact) mass is 305 g/mol. The Bertz CT molecular complexity index is 508. The fraction of sp³-hybridized carbons (Fsp3) is 0.529. The quantitative estimate of drug-likeness (QED) is 0.809. The van der Waals surface area contributed by atoms with Crippen LogP contribution in [-0.4, -0.2) is 43.4 Å². The van der Waals surface area contributed by atoms with Gasteiger partial charge in [0.25, 0.3) is 0 Å². The van der Waals surface area contributed by atoms with E-state index in [4.69, 9.17) is 0 Å². The summed E-state index contributed by atoms with van der Waals surface area (Å²) in [7, 11) is 1.81. The highest BCUT2D eigenvalue weighted by Gasteiger charge is 2.21. The van der Waals surface area contributed by atoms with E-state index in [-0.39, 0.29) is 24.3 Å². The maximum atomic E-state index is 12.3. The molecule has 1 aromatic carbocycles. The van der Waals surface area contributed by atoms with Crippen LogP contribution >= 0.6 is 0 Å².